The van der Waals surface area contributed by atoms with Crippen molar-refractivity contribution < 1.29 is 22.7 Å². The van der Waals surface area contributed by atoms with Crippen LogP contribution in [0.2, 0.25) is 0 Å². The number of amides is 1. The molecule has 0 aliphatic heterocycles. The van der Waals surface area contributed by atoms with Gasteiger partial charge in [-0.05, 0) is 18.6 Å². The molecule has 172 valence electrons. The summed E-state index contributed by atoms with van der Waals surface area (Å²) in [5.41, 5.74) is -0.759. The van der Waals surface area contributed by atoms with Crippen LogP contribution in [-0.4, -0.2) is 35.2 Å². The molecule has 2 aromatic heterocycles. The summed E-state index contributed by atoms with van der Waals surface area (Å²) in [5.74, 6) is -1.10. The van der Waals surface area contributed by atoms with Gasteiger partial charge in [-0.1, -0.05) is 36.4 Å². The minimum atomic E-state index is -4.78. The second kappa shape index (κ2) is 10.1. The van der Waals surface area contributed by atoms with E-state index in [0.29, 0.717) is 11.6 Å². The van der Waals surface area contributed by atoms with Crippen LogP contribution in [0, 0.1) is 5.41 Å². The summed E-state index contributed by atoms with van der Waals surface area (Å²) in [4.78, 5) is 20.3. The maximum atomic E-state index is 13.9. The molecule has 3 rings (SSSR count). The second-order valence-corrected chi connectivity index (χ2v) is 7.08. The fourth-order valence-electron chi connectivity index (χ4n) is 3.14. The molecule has 7 nitrogen and oxygen atoms in total. The highest BCUT2D eigenvalue weighted by Crippen LogP contribution is 2.37. The van der Waals surface area contributed by atoms with Crippen molar-refractivity contribution in [1.82, 2.24) is 15.3 Å². The number of carbonyl (C=O) groups is 1. The average molecular weight is 457 g/mol. The molecule has 0 radical (unpaired) electrons. The Balaban J connectivity index is 1.83. The number of pyridine rings is 2. The van der Waals surface area contributed by atoms with Gasteiger partial charge in [0.2, 0.25) is 5.88 Å². The van der Waals surface area contributed by atoms with E-state index < -0.39 is 29.8 Å². The Labute approximate surface area is 188 Å². The number of carbonyl (C=O) groups excluding carboxylic acids is 1. The Morgan fingerprint density at radius 2 is 1.91 bits per heavy atom. The summed E-state index contributed by atoms with van der Waals surface area (Å²) in [5, 5.41) is 13.6. The highest BCUT2D eigenvalue weighted by atomic mass is 19.4. The van der Waals surface area contributed by atoms with E-state index in [9.17, 15) is 18.0 Å². The normalized spacial score (nSPS) is 12.0. The molecular formula is C23H22F3N5O2. The van der Waals surface area contributed by atoms with E-state index in [-0.39, 0.29) is 23.5 Å². The number of alkyl halides is 3. The SMILES string of the molecule is CNc1nc(OCC(=O)NC(C)c2cccnc2)cc(C(F)(F)F)c1C(=N)c1ccccc1. The third kappa shape index (κ3) is 5.85. The maximum Gasteiger partial charge on any atom is 0.417 e. The minimum absolute atomic E-state index is 0.183. The van der Waals surface area contributed by atoms with Crippen LogP contribution < -0.4 is 15.4 Å². The number of halogens is 3. The first kappa shape index (κ1) is 23.7. The first-order valence-corrected chi connectivity index (χ1v) is 9.97. The third-order valence-corrected chi connectivity index (χ3v) is 4.76. The quantitative estimate of drug-likeness (QED) is 0.440. The van der Waals surface area contributed by atoms with Gasteiger partial charge in [0.05, 0.1) is 22.9 Å². The molecule has 0 bridgehead atoms. The Hall–Kier alpha value is -3.95. The number of hydrogen-bond acceptors (Lipinski definition) is 6. The van der Waals surface area contributed by atoms with Crippen molar-refractivity contribution in [2.24, 2.45) is 0 Å². The molecular weight excluding hydrogens is 435 g/mol. The van der Waals surface area contributed by atoms with Gasteiger partial charge in [0.1, 0.15) is 5.82 Å². The fourth-order valence-corrected chi connectivity index (χ4v) is 3.14. The van der Waals surface area contributed by atoms with Crippen LogP contribution >= 0.6 is 0 Å². The number of ether oxygens (including phenoxy) is 1. The molecule has 1 aromatic carbocycles. The van der Waals surface area contributed by atoms with Crippen molar-refractivity contribution in [3.63, 3.8) is 0 Å². The predicted octanol–water partition coefficient (Wildman–Crippen LogP) is 4.21. The summed E-state index contributed by atoms with van der Waals surface area (Å²) < 4.78 is 46.9. The van der Waals surface area contributed by atoms with Gasteiger partial charge in [-0.15, -0.1) is 0 Å². The first-order chi connectivity index (χ1) is 15.7. The Bertz CT molecular complexity index is 1120. The zero-order chi connectivity index (χ0) is 24.0. The van der Waals surface area contributed by atoms with Gasteiger partial charge in [-0.2, -0.15) is 18.2 Å². The molecule has 1 atom stereocenters. The summed E-state index contributed by atoms with van der Waals surface area (Å²) in [6.07, 6.45) is -1.58. The topological polar surface area (TPSA) is 100.0 Å². The zero-order valence-electron chi connectivity index (χ0n) is 17.9. The second-order valence-electron chi connectivity index (χ2n) is 7.08. The van der Waals surface area contributed by atoms with Crippen molar-refractivity contribution in [3.05, 3.63) is 83.2 Å². The third-order valence-electron chi connectivity index (χ3n) is 4.76. The van der Waals surface area contributed by atoms with E-state index in [4.69, 9.17) is 10.1 Å². The standard InChI is InChI=1S/C23H22F3N5O2/c1-14(16-9-6-10-29-12-16)30-18(32)13-33-19-11-17(23(24,25)26)20(22(28-2)31-19)21(27)15-7-4-3-5-8-15/h3-12,14,27H,13H2,1-2H3,(H,28,31)(H,30,32). The molecule has 1 amide bonds. The number of anilines is 1. The Morgan fingerprint density at radius 1 is 1.18 bits per heavy atom. The molecule has 10 heteroatoms. The number of nitrogens with one attached hydrogen (secondary N) is 3. The molecule has 33 heavy (non-hydrogen) atoms. The van der Waals surface area contributed by atoms with Gasteiger partial charge in [-0.25, -0.2) is 0 Å². The Morgan fingerprint density at radius 3 is 2.52 bits per heavy atom. The first-order valence-electron chi connectivity index (χ1n) is 9.97. The van der Waals surface area contributed by atoms with Crippen LogP contribution in [0.4, 0.5) is 19.0 Å². The lowest BCUT2D eigenvalue weighted by atomic mass is 9.98. The van der Waals surface area contributed by atoms with Crippen molar-refractivity contribution in [2.45, 2.75) is 19.1 Å². The van der Waals surface area contributed by atoms with Crippen LogP contribution in [-0.2, 0) is 11.0 Å². The van der Waals surface area contributed by atoms with Crippen LogP contribution in [0.1, 0.15) is 35.2 Å². The smallest absolute Gasteiger partial charge is 0.417 e. The van der Waals surface area contributed by atoms with E-state index in [0.717, 1.165) is 5.56 Å². The van der Waals surface area contributed by atoms with E-state index in [1.54, 1.807) is 61.8 Å². The predicted molar refractivity (Wildman–Crippen MR) is 117 cm³/mol. The molecule has 0 aliphatic rings. The van der Waals surface area contributed by atoms with Crippen molar-refractivity contribution in [2.75, 3.05) is 19.0 Å². The maximum absolute atomic E-state index is 13.9. The molecule has 3 aromatic rings. The average Bonchev–Trinajstić information content (AvgIpc) is 2.82. The van der Waals surface area contributed by atoms with Crippen LogP contribution in [0.15, 0.2) is 60.9 Å². The molecule has 0 aliphatic carbocycles. The van der Waals surface area contributed by atoms with E-state index in [2.05, 4.69) is 20.6 Å². The van der Waals surface area contributed by atoms with Gasteiger partial charge in [-0.3, -0.25) is 15.2 Å². The molecule has 0 fully saturated rings. The van der Waals surface area contributed by atoms with Crippen molar-refractivity contribution in [3.8, 4) is 5.88 Å². The zero-order valence-corrected chi connectivity index (χ0v) is 17.9. The highest BCUT2D eigenvalue weighted by Gasteiger charge is 2.37. The van der Waals surface area contributed by atoms with Crippen molar-refractivity contribution >= 4 is 17.4 Å². The van der Waals surface area contributed by atoms with Gasteiger partial charge in [0.15, 0.2) is 6.61 Å². The lowest BCUT2D eigenvalue weighted by Gasteiger charge is -2.19. The summed E-state index contributed by atoms with van der Waals surface area (Å²) in [6.45, 7) is 1.21. The number of benzene rings is 1. The lowest BCUT2D eigenvalue weighted by Crippen LogP contribution is -2.31. The van der Waals surface area contributed by atoms with E-state index in [1.807, 2.05) is 0 Å². The molecule has 3 N–H and O–H groups in total. The number of rotatable bonds is 8. The molecule has 0 spiro atoms. The largest absolute Gasteiger partial charge is 0.467 e. The van der Waals surface area contributed by atoms with E-state index >= 15 is 0 Å². The van der Waals surface area contributed by atoms with Gasteiger partial charge < -0.3 is 15.4 Å². The minimum Gasteiger partial charge on any atom is -0.467 e. The highest BCUT2D eigenvalue weighted by molar-refractivity contribution is 6.14. The van der Waals surface area contributed by atoms with Crippen LogP contribution in [0.25, 0.3) is 0 Å². The van der Waals surface area contributed by atoms with Gasteiger partial charge >= 0.3 is 6.18 Å². The summed E-state index contributed by atoms with van der Waals surface area (Å²) in [6, 6.07) is 11.9. The number of hydrogen-bond donors (Lipinski definition) is 3. The van der Waals surface area contributed by atoms with Gasteiger partial charge in [0, 0.05) is 31.1 Å². The van der Waals surface area contributed by atoms with Crippen LogP contribution in [0.5, 0.6) is 5.88 Å². The summed E-state index contributed by atoms with van der Waals surface area (Å²) >= 11 is 0. The number of nitrogens with zero attached hydrogens (tertiary/aromatic N) is 2. The monoisotopic (exact) mass is 457 g/mol. The fraction of sp³-hybridized carbons (Fsp3) is 0.217. The summed E-state index contributed by atoms with van der Waals surface area (Å²) in [7, 11) is 1.40. The lowest BCUT2D eigenvalue weighted by molar-refractivity contribution is -0.137. The molecule has 2 heterocycles. The van der Waals surface area contributed by atoms with Gasteiger partial charge in [0.25, 0.3) is 5.91 Å². The van der Waals surface area contributed by atoms with Crippen LogP contribution in [0.3, 0.4) is 0 Å². The molecule has 1 unspecified atom stereocenters. The Kier molecular flexibility index (Phi) is 7.27. The molecule has 0 saturated heterocycles. The van der Waals surface area contributed by atoms with E-state index in [1.165, 1.54) is 7.05 Å². The molecule has 0 saturated carbocycles. The number of aromatic nitrogens is 2. The van der Waals surface area contributed by atoms with Crippen molar-refractivity contribution in [1.29, 1.82) is 5.41 Å².